The van der Waals surface area contributed by atoms with Gasteiger partial charge in [-0.05, 0) is 25.8 Å². The van der Waals surface area contributed by atoms with E-state index in [0.29, 0.717) is 6.04 Å². The van der Waals surface area contributed by atoms with E-state index < -0.39 is 0 Å². The zero-order valence-electron chi connectivity index (χ0n) is 10.9. The number of fused-ring (bicyclic) bond motifs is 2. The average Bonchev–Trinajstić information content (AvgIpc) is 3.03. The number of nitrogens with zero attached hydrogens (tertiary/aromatic N) is 5. The van der Waals surface area contributed by atoms with Gasteiger partial charge in [0.25, 0.3) is 0 Å². The molecule has 0 unspecified atom stereocenters. The van der Waals surface area contributed by atoms with Gasteiger partial charge in [-0.1, -0.05) is 0 Å². The minimum absolute atomic E-state index is 0.690. The number of nitrogens with one attached hydrogen (secondary N) is 1. The van der Waals surface area contributed by atoms with Gasteiger partial charge in [0.2, 0.25) is 0 Å². The molecule has 2 aromatic heterocycles. The van der Waals surface area contributed by atoms with E-state index in [0.717, 1.165) is 30.1 Å². The van der Waals surface area contributed by atoms with Gasteiger partial charge in [-0.3, -0.25) is 4.90 Å². The van der Waals surface area contributed by atoms with E-state index in [1.165, 1.54) is 32.4 Å². The Morgan fingerprint density at radius 1 is 1.11 bits per heavy atom. The van der Waals surface area contributed by atoms with Gasteiger partial charge in [-0.15, -0.1) is 0 Å². The van der Waals surface area contributed by atoms with Crippen molar-refractivity contribution in [2.45, 2.75) is 25.3 Å². The number of hydrogen-bond acceptors (Lipinski definition) is 5. The Kier molecular flexibility index (Phi) is 2.61. The van der Waals surface area contributed by atoms with Crippen LogP contribution in [0.3, 0.4) is 0 Å². The van der Waals surface area contributed by atoms with Gasteiger partial charge in [0.05, 0.1) is 6.33 Å². The minimum atomic E-state index is 0.690. The first-order valence-corrected chi connectivity index (χ1v) is 7.05. The molecule has 1 N–H and O–H groups in total. The van der Waals surface area contributed by atoms with E-state index in [1.807, 2.05) is 0 Å². The van der Waals surface area contributed by atoms with Crippen molar-refractivity contribution < 1.29 is 0 Å². The molecule has 0 spiro atoms. The van der Waals surface area contributed by atoms with Crippen LogP contribution in [0.5, 0.6) is 0 Å². The molecule has 19 heavy (non-hydrogen) atoms. The number of H-pyrrole nitrogens is 1. The third-order valence-corrected chi connectivity index (χ3v) is 4.31. The standard InChI is InChI=1S/C13H18N6/c1-3-10-7-19(6-2-5-18(10)4-1)13-11-12(15-8-14-11)16-9-17-13/h8-10H,1-7H2,(H,14,15,16,17)/t10-/m0/s1. The summed E-state index contributed by atoms with van der Waals surface area (Å²) in [6.45, 7) is 4.63. The molecule has 2 saturated heterocycles. The fourth-order valence-electron chi connectivity index (χ4n) is 3.39. The molecule has 0 aliphatic carbocycles. The molecule has 2 fully saturated rings. The Morgan fingerprint density at radius 3 is 3.05 bits per heavy atom. The molecule has 6 nitrogen and oxygen atoms in total. The zero-order chi connectivity index (χ0) is 12.7. The lowest BCUT2D eigenvalue weighted by atomic mass is 10.2. The highest BCUT2D eigenvalue weighted by Gasteiger charge is 2.29. The second-order valence-corrected chi connectivity index (χ2v) is 5.43. The maximum absolute atomic E-state index is 4.48. The Bertz CT molecular complexity index is 579. The van der Waals surface area contributed by atoms with Crippen molar-refractivity contribution in [1.82, 2.24) is 24.8 Å². The van der Waals surface area contributed by atoms with Gasteiger partial charge in [-0.2, -0.15) is 0 Å². The van der Waals surface area contributed by atoms with Crippen molar-refractivity contribution >= 4 is 17.0 Å². The van der Waals surface area contributed by atoms with Gasteiger partial charge in [0, 0.05) is 25.7 Å². The molecular weight excluding hydrogens is 240 g/mol. The lowest BCUT2D eigenvalue weighted by molar-refractivity contribution is 0.273. The summed E-state index contributed by atoms with van der Waals surface area (Å²) in [5, 5.41) is 0. The molecule has 2 aliphatic rings. The molecule has 0 aromatic carbocycles. The number of anilines is 1. The summed E-state index contributed by atoms with van der Waals surface area (Å²) >= 11 is 0. The van der Waals surface area contributed by atoms with Crippen molar-refractivity contribution in [2.24, 2.45) is 0 Å². The number of aromatic amines is 1. The van der Waals surface area contributed by atoms with Crippen LogP contribution in [0.1, 0.15) is 19.3 Å². The van der Waals surface area contributed by atoms with Crippen molar-refractivity contribution in [3.05, 3.63) is 12.7 Å². The summed E-state index contributed by atoms with van der Waals surface area (Å²) in [4.78, 5) is 21.1. The Labute approximate surface area is 111 Å². The predicted octanol–water partition coefficient (Wildman–Crippen LogP) is 1.03. The van der Waals surface area contributed by atoms with Crippen molar-refractivity contribution in [1.29, 1.82) is 0 Å². The van der Waals surface area contributed by atoms with E-state index in [-0.39, 0.29) is 0 Å². The van der Waals surface area contributed by atoms with E-state index in [9.17, 15) is 0 Å². The largest absolute Gasteiger partial charge is 0.353 e. The molecule has 1 atom stereocenters. The predicted molar refractivity (Wildman–Crippen MR) is 73.1 cm³/mol. The Balaban J connectivity index is 1.69. The summed E-state index contributed by atoms with van der Waals surface area (Å²) in [7, 11) is 0. The molecule has 0 bridgehead atoms. The molecule has 6 heteroatoms. The normalized spacial score (nSPS) is 24.6. The van der Waals surface area contributed by atoms with Gasteiger partial charge in [0.1, 0.15) is 11.8 Å². The molecular formula is C13H18N6. The van der Waals surface area contributed by atoms with Gasteiger partial charge < -0.3 is 9.88 Å². The smallest absolute Gasteiger partial charge is 0.182 e. The van der Waals surface area contributed by atoms with E-state index in [2.05, 4.69) is 29.7 Å². The second kappa shape index (κ2) is 4.45. The van der Waals surface area contributed by atoms with Crippen LogP contribution in [0.2, 0.25) is 0 Å². The zero-order valence-corrected chi connectivity index (χ0v) is 10.9. The molecule has 2 aliphatic heterocycles. The highest BCUT2D eigenvalue weighted by molar-refractivity contribution is 5.82. The Morgan fingerprint density at radius 2 is 2.05 bits per heavy atom. The van der Waals surface area contributed by atoms with Crippen LogP contribution in [0.25, 0.3) is 11.2 Å². The van der Waals surface area contributed by atoms with Crippen LogP contribution in [0.4, 0.5) is 5.82 Å². The van der Waals surface area contributed by atoms with Crippen LogP contribution in [-0.4, -0.2) is 57.1 Å². The molecule has 2 aromatic rings. The highest BCUT2D eigenvalue weighted by Crippen LogP contribution is 2.26. The SMILES string of the molecule is c1nc(N2CCCN3CCC[C@H]3C2)c2[nH]cnc2n1. The lowest BCUT2D eigenvalue weighted by Crippen LogP contribution is -2.37. The van der Waals surface area contributed by atoms with Crippen LogP contribution < -0.4 is 4.90 Å². The average molecular weight is 258 g/mol. The number of hydrogen-bond donors (Lipinski definition) is 1. The molecule has 4 rings (SSSR count). The summed E-state index contributed by atoms with van der Waals surface area (Å²) in [6, 6.07) is 0.690. The maximum atomic E-state index is 4.48. The van der Waals surface area contributed by atoms with Gasteiger partial charge in [0.15, 0.2) is 11.5 Å². The molecule has 0 amide bonds. The van der Waals surface area contributed by atoms with Crippen molar-refractivity contribution in [3.8, 4) is 0 Å². The van der Waals surface area contributed by atoms with Crippen LogP contribution in [0.15, 0.2) is 12.7 Å². The molecule has 100 valence electrons. The van der Waals surface area contributed by atoms with E-state index >= 15 is 0 Å². The molecule has 4 heterocycles. The Hall–Kier alpha value is -1.69. The van der Waals surface area contributed by atoms with E-state index in [1.54, 1.807) is 12.7 Å². The van der Waals surface area contributed by atoms with Crippen molar-refractivity contribution in [2.75, 3.05) is 31.1 Å². The molecule has 0 radical (unpaired) electrons. The monoisotopic (exact) mass is 258 g/mol. The number of rotatable bonds is 1. The quantitative estimate of drug-likeness (QED) is 0.827. The number of aromatic nitrogens is 4. The van der Waals surface area contributed by atoms with Crippen LogP contribution in [0, 0.1) is 0 Å². The van der Waals surface area contributed by atoms with Crippen LogP contribution >= 0.6 is 0 Å². The molecule has 0 saturated carbocycles. The fourth-order valence-corrected chi connectivity index (χ4v) is 3.39. The third kappa shape index (κ3) is 1.87. The summed E-state index contributed by atoms with van der Waals surface area (Å²) in [6.07, 6.45) is 7.17. The third-order valence-electron chi connectivity index (χ3n) is 4.31. The summed E-state index contributed by atoms with van der Waals surface area (Å²) in [5.74, 6) is 1.01. The van der Waals surface area contributed by atoms with Gasteiger partial charge in [-0.25, -0.2) is 15.0 Å². The first-order chi connectivity index (χ1) is 9.42. The summed E-state index contributed by atoms with van der Waals surface area (Å²) in [5.41, 5.74) is 1.73. The minimum Gasteiger partial charge on any atom is -0.353 e. The van der Waals surface area contributed by atoms with Crippen LogP contribution in [-0.2, 0) is 0 Å². The number of imidazole rings is 1. The fraction of sp³-hybridized carbons (Fsp3) is 0.615. The topological polar surface area (TPSA) is 60.9 Å². The van der Waals surface area contributed by atoms with E-state index in [4.69, 9.17) is 0 Å². The second-order valence-electron chi connectivity index (χ2n) is 5.43. The first kappa shape index (κ1) is 11.2. The van der Waals surface area contributed by atoms with Crippen molar-refractivity contribution in [3.63, 3.8) is 0 Å². The lowest BCUT2D eigenvalue weighted by Gasteiger charge is -2.26. The highest BCUT2D eigenvalue weighted by atomic mass is 15.3. The first-order valence-electron chi connectivity index (χ1n) is 7.05. The van der Waals surface area contributed by atoms with Gasteiger partial charge >= 0.3 is 0 Å². The maximum Gasteiger partial charge on any atom is 0.182 e. The summed E-state index contributed by atoms with van der Waals surface area (Å²) < 4.78 is 0.